The first-order valence-corrected chi connectivity index (χ1v) is 28.0. The van der Waals surface area contributed by atoms with E-state index in [2.05, 4.69) is 271 Å². The van der Waals surface area contributed by atoms with E-state index in [0.717, 1.165) is 6.42 Å². The summed E-state index contributed by atoms with van der Waals surface area (Å²) in [5, 5.41) is 0. The van der Waals surface area contributed by atoms with Crippen molar-refractivity contribution in [1.82, 2.24) is 0 Å². The lowest BCUT2D eigenvalue weighted by molar-refractivity contribution is 0.332. The van der Waals surface area contributed by atoms with Gasteiger partial charge >= 0.3 is 0 Å². The Hall–Kier alpha value is -6.58. The molecule has 0 aromatic heterocycles. The summed E-state index contributed by atoms with van der Waals surface area (Å²) in [6.45, 7) is 34.0. The molecule has 75 heavy (non-hydrogen) atoms. The fourth-order valence-corrected chi connectivity index (χ4v) is 13.8. The standard InChI is InChI=1S/C72H77BN2/c1-46-38-64-66-65(39-46)75(61-33-29-51(67(2,3)4)41-54(61)49-25-21-24-48(40-49)47-22-17-15-18-23-47)62-42-52(72(13,14)50-26-19-16-20-27-50)28-32-59(62)73(66)60-44-57-58(71(11,12)37-36-70(57,9)10)45-63(60)74(64)53-30-31-55-56(43-53)69(7,8)35-34-68(55,5)6/h15-33,38-45H,34-37H2,1-14H3. The van der Waals surface area contributed by atoms with Gasteiger partial charge < -0.3 is 9.80 Å². The van der Waals surface area contributed by atoms with Crippen molar-refractivity contribution in [1.29, 1.82) is 0 Å². The van der Waals surface area contributed by atoms with Gasteiger partial charge in [-0.15, -0.1) is 0 Å². The van der Waals surface area contributed by atoms with E-state index in [-0.39, 0.29) is 39.2 Å². The van der Waals surface area contributed by atoms with E-state index in [0.29, 0.717) is 0 Å². The molecule has 378 valence electrons. The van der Waals surface area contributed by atoms with Crippen molar-refractivity contribution >= 4 is 57.2 Å². The highest BCUT2D eigenvalue weighted by Crippen LogP contribution is 2.54. The van der Waals surface area contributed by atoms with Gasteiger partial charge in [-0.3, -0.25) is 0 Å². The van der Waals surface area contributed by atoms with Gasteiger partial charge in [0.2, 0.25) is 0 Å². The zero-order valence-corrected chi connectivity index (χ0v) is 47.4. The molecule has 2 heterocycles. The first-order valence-electron chi connectivity index (χ1n) is 28.0. The molecule has 0 unspecified atom stereocenters. The van der Waals surface area contributed by atoms with Crippen LogP contribution in [0.25, 0.3) is 22.3 Å². The second kappa shape index (κ2) is 17.0. The Morgan fingerprint density at radius 2 is 0.933 bits per heavy atom. The highest BCUT2D eigenvalue weighted by atomic mass is 15.2. The van der Waals surface area contributed by atoms with Crippen LogP contribution in [0.4, 0.5) is 34.1 Å². The van der Waals surface area contributed by atoms with Gasteiger partial charge in [0, 0.05) is 39.4 Å². The van der Waals surface area contributed by atoms with Crippen LogP contribution in [0, 0.1) is 6.92 Å². The predicted molar refractivity (Wildman–Crippen MR) is 324 cm³/mol. The minimum atomic E-state index is -0.256. The molecule has 2 aliphatic carbocycles. The average Bonchev–Trinajstić information content (AvgIpc) is 3.41. The molecule has 4 aliphatic rings. The second-order valence-corrected chi connectivity index (χ2v) is 27.2. The molecule has 0 atom stereocenters. The van der Waals surface area contributed by atoms with Crippen molar-refractivity contribution in [2.24, 2.45) is 0 Å². The Balaban J connectivity index is 1.19. The zero-order valence-electron chi connectivity index (χ0n) is 47.4. The molecule has 0 spiro atoms. The van der Waals surface area contributed by atoms with E-state index in [4.69, 9.17) is 0 Å². The van der Waals surface area contributed by atoms with Crippen LogP contribution in [-0.4, -0.2) is 6.71 Å². The number of hydrogen-bond acceptors (Lipinski definition) is 2. The van der Waals surface area contributed by atoms with Crippen LogP contribution < -0.4 is 26.2 Å². The zero-order chi connectivity index (χ0) is 52.8. The monoisotopic (exact) mass is 981 g/mol. The fraction of sp³-hybridized carbons (Fsp3) is 0.333. The molecular weight excluding hydrogens is 904 g/mol. The number of aryl methyl sites for hydroxylation is 1. The van der Waals surface area contributed by atoms with Crippen molar-refractivity contribution in [3.05, 3.63) is 208 Å². The highest BCUT2D eigenvalue weighted by molar-refractivity contribution is 7.00. The van der Waals surface area contributed by atoms with Gasteiger partial charge in [-0.2, -0.15) is 0 Å². The van der Waals surface area contributed by atoms with Crippen molar-refractivity contribution < 1.29 is 0 Å². The first kappa shape index (κ1) is 49.3. The first-order chi connectivity index (χ1) is 35.4. The van der Waals surface area contributed by atoms with Crippen LogP contribution in [-0.2, 0) is 32.5 Å². The molecule has 2 nitrogen and oxygen atoms in total. The van der Waals surface area contributed by atoms with Gasteiger partial charge in [0.25, 0.3) is 6.71 Å². The normalized spacial score (nSPS) is 17.6. The third-order valence-electron chi connectivity index (χ3n) is 18.9. The molecular formula is C72H77BN2. The van der Waals surface area contributed by atoms with Crippen LogP contribution in [0.1, 0.15) is 160 Å². The predicted octanol–water partition coefficient (Wildman–Crippen LogP) is 17.7. The Labute approximate surface area is 450 Å². The number of benzene rings is 8. The Morgan fingerprint density at radius 3 is 1.59 bits per heavy atom. The molecule has 0 amide bonds. The molecule has 8 aromatic carbocycles. The van der Waals surface area contributed by atoms with Crippen molar-refractivity contribution in [3.8, 4) is 22.3 Å². The minimum absolute atomic E-state index is 0.000153. The maximum absolute atomic E-state index is 2.70. The number of fused-ring (bicyclic) bond motifs is 6. The van der Waals surface area contributed by atoms with Crippen molar-refractivity contribution in [2.45, 2.75) is 155 Å². The SMILES string of the molecule is Cc1cc2c3c(c1)N(c1ccc(C(C)(C)C)cc1-c1cccc(-c4ccccc4)c1)c1cc(C(C)(C)c4ccccc4)ccc1B3c1cc3c(cc1N2c1ccc2c(c1)C(C)(C)CCC2(C)C)C(C)(C)CCC3(C)C. The van der Waals surface area contributed by atoms with Gasteiger partial charge in [-0.1, -0.05) is 199 Å². The summed E-state index contributed by atoms with van der Waals surface area (Å²) < 4.78 is 0. The van der Waals surface area contributed by atoms with Crippen LogP contribution in [0.3, 0.4) is 0 Å². The molecule has 2 aliphatic heterocycles. The van der Waals surface area contributed by atoms with E-state index in [9.17, 15) is 0 Å². The lowest BCUT2D eigenvalue weighted by Gasteiger charge is -2.48. The molecule has 0 fully saturated rings. The Morgan fingerprint density at radius 1 is 0.387 bits per heavy atom. The smallest absolute Gasteiger partial charge is 0.252 e. The summed E-state index contributed by atoms with van der Waals surface area (Å²) in [5.41, 5.74) is 27.7. The molecule has 12 rings (SSSR count). The molecule has 3 heteroatoms. The summed E-state index contributed by atoms with van der Waals surface area (Å²) in [4.78, 5) is 5.39. The highest BCUT2D eigenvalue weighted by Gasteiger charge is 2.48. The van der Waals surface area contributed by atoms with Gasteiger partial charge in [0.05, 0.1) is 5.69 Å². The third-order valence-corrected chi connectivity index (χ3v) is 18.9. The molecule has 8 aromatic rings. The summed E-state index contributed by atoms with van der Waals surface area (Å²) in [6, 6.07) is 64.1. The quantitative estimate of drug-likeness (QED) is 0.153. The van der Waals surface area contributed by atoms with E-state index in [1.54, 1.807) is 0 Å². The molecule has 0 bridgehead atoms. The van der Waals surface area contributed by atoms with Gasteiger partial charge in [-0.05, 0) is 192 Å². The molecule has 0 N–H and O–H groups in total. The van der Waals surface area contributed by atoms with Crippen molar-refractivity contribution in [3.63, 3.8) is 0 Å². The molecule has 0 radical (unpaired) electrons. The summed E-state index contributed by atoms with van der Waals surface area (Å²) in [6.07, 6.45) is 4.69. The molecule has 0 saturated carbocycles. The van der Waals surface area contributed by atoms with Gasteiger partial charge in [0.1, 0.15) is 0 Å². The third kappa shape index (κ3) is 7.96. The van der Waals surface area contributed by atoms with Crippen LogP contribution in [0.5, 0.6) is 0 Å². The summed E-state index contributed by atoms with van der Waals surface area (Å²) in [5.74, 6) is 0. The number of hydrogen-bond donors (Lipinski definition) is 0. The van der Waals surface area contributed by atoms with Crippen molar-refractivity contribution in [2.75, 3.05) is 9.80 Å². The topological polar surface area (TPSA) is 6.48 Å². The lowest BCUT2D eigenvalue weighted by Crippen LogP contribution is -2.62. The van der Waals surface area contributed by atoms with E-state index < -0.39 is 0 Å². The summed E-state index contributed by atoms with van der Waals surface area (Å²) >= 11 is 0. The lowest BCUT2D eigenvalue weighted by atomic mass is 9.33. The average molecular weight is 981 g/mol. The van der Waals surface area contributed by atoms with E-state index in [1.165, 1.54) is 137 Å². The largest absolute Gasteiger partial charge is 0.311 e. The second-order valence-electron chi connectivity index (χ2n) is 27.2. The number of anilines is 6. The Kier molecular flexibility index (Phi) is 11.2. The number of nitrogens with zero attached hydrogens (tertiary/aromatic N) is 2. The Bertz CT molecular complexity index is 3580. The summed E-state index contributed by atoms with van der Waals surface area (Å²) in [7, 11) is 0. The fourth-order valence-electron chi connectivity index (χ4n) is 13.8. The van der Waals surface area contributed by atoms with E-state index in [1.807, 2.05) is 0 Å². The number of rotatable bonds is 6. The maximum atomic E-state index is 2.70. The molecule has 0 saturated heterocycles. The van der Waals surface area contributed by atoms with Crippen LogP contribution in [0.15, 0.2) is 164 Å². The van der Waals surface area contributed by atoms with Gasteiger partial charge in [0.15, 0.2) is 0 Å². The van der Waals surface area contributed by atoms with E-state index >= 15 is 0 Å². The van der Waals surface area contributed by atoms with Crippen LogP contribution >= 0.6 is 0 Å². The minimum Gasteiger partial charge on any atom is -0.311 e. The van der Waals surface area contributed by atoms with Crippen LogP contribution in [0.2, 0.25) is 0 Å². The van der Waals surface area contributed by atoms with Gasteiger partial charge in [-0.25, -0.2) is 0 Å². The maximum Gasteiger partial charge on any atom is 0.252 e.